The molecule has 0 heterocycles. The van der Waals surface area contributed by atoms with Crippen molar-refractivity contribution in [1.82, 2.24) is 0 Å². The molecule has 0 spiro atoms. The van der Waals surface area contributed by atoms with Gasteiger partial charge in [-0.1, -0.05) is 54.6 Å². The maximum atomic E-state index is 10.2. The average Bonchev–Trinajstić information content (AvgIpc) is 3.38. The summed E-state index contributed by atoms with van der Waals surface area (Å²) in [5.74, 6) is 0.937. The minimum Gasteiger partial charge on any atom is -0.388 e. The van der Waals surface area contributed by atoms with Gasteiger partial charge in [0.15, 0.2) is 0 Å². The topological polar surface area (TPSA) is 20.2 Å². The van der Waals surface area contributed by atoms with E-state index in [4.69, 9.17) is 0 Å². The SMILES string of the molecule is O[C@H]([C]1[CH][CH][CH][CH]1)c1ccc(-c2ccccc2)cc1.[CH]1[CH][CH][CH][CH]1.[Fe+2]. The monoisotopic (exact) mass is 368 g/mol. The molecule has 0 saturated heterocycles. The minimum atomic E-state index is -0.542. The van der Waals surface area contributed by atoms with E-state index in [9.17, 15) is 5.11 Å². The molecule has 0 bridgehead atoms. The van der Waals surface area contributed by atoms with Crippen molar-refractivity contribution in [2.75, 3.05) is 0 Å². The summed E-state index contributed by atoms with van der Waals surface area (Å²) < 4.78 is 0. The molecule has 25 heavy (non-hydrogen) atoms. The normalized spacial score (nSPS) is 18.1. The zero-order valence-corrected chi connectivity index (χ0v) is 14.9. The van der Waals surface area contributed by atoms with Gasteiger partial charge in [0.05, 0.1) is 6.10 Å². The van der Waals surface area contributed by atoms with Crippen LogP contribution in [0.2, 0.25) is 0 Å². The zero-order valence-electron chi connectivity index (χ0n) is 13.8. The van der Waals surface area contributed by atoms with Gasteiger partial charge in [0.25, 0.3) is 0 Å². The Labute approximate surface area is 163 Å². The van der Waals surface area contributed by atoms with Crippen LogP contribution in [0, 0.1) is 63.7 Å². The molecule has 2 heteroatoms. The van der Waals surface area contributed by atoms with Gasteiger partial charge in [-0.15, -0.1) is 0 Å². The van der Waals surface area contributed by atoms with Gasteiger partial charge in [-0.2, -0.15) is 0 Å². The van der Waals surface area contributed by atoms with E-state index in [-0.39, 0.29) is 17.1 Å². The fourth-order valence-electron chi connectivity index (χ4n) is 2.57. The predicted molar refractivity (Wildman–Crippen MR) is 98.8 cm³/mol. The first-order chi connectivity index (χ1) is 11.8. The van der Waals surface area contributed by atoms with Gasteiger partial charge in [0.2, 0.25) is 0 Å². The van der Waals surface area contributed by atoms with Crippen molar-refractivity contribution in [2.45, 2.75) is 6.10 Å². The van der Waals surface area contributed by atoms with Crippen LogP contribution in [0.4, 0.5) is 0 Å². The first-order valence-corrected chi connectivity index (χ1v) is 8.06. The molecule has 0 aromatic heterocycles. The average molecular weight is 368 g/mol. The third-order valence-electron chi connectivity index (χ3n) is 3.89. The molecule has 0 amide bonds. The van der Waals surface area contributed by atoms with E-state index in [1.54, 1.807) is 0 Å². The first-order valence-electron chi connectivity index (χ1n) is 8.06. The molecule has 2 saturated carbocycles. The van der Waals surface area contributed by atoms with Crippen LogP contribution in [0.25, 0.3) is 11.1 Å². The van der Waals surface area contributed by atoms with E-state index >= 15 is 0 Å². The fraction of sp³-hybridized carbons (Fsp3) is 0.0435. The van der Waals surface area contributed by atoms with Crippen molar-refractivity contribution in [3.05, 3.63) is 124 Å². The van der Waals surface area contributed by atoms with Crippen molar-refractivity contribution in [3.63, 3.8) is 0 Å². The van der Waals surface area contributed by atoms with Crippen molar-refractivity contribution in [2.24, 2.45) is 0 Å². The van der Waals surface area contributed by atoms with E-state index in [2.05, 4.69) is 24.3 Å². The van der Waals surface area contributed by atoms with Crippen molar-refractivity contribution in [3.8, 4) is 11.1 Å². The largest absolute Gasteiger partial charge is 2.00 e. The van der Waals surface area contributed by atoms with Gasteiger partial charge in [-0.05, 0) is 74.5 Å². The van der Waals surface area contributed by atoms with Crippen LogP contribution in [0.5, 0.6) is 0 Å². The molecule has 2 aromatic carbocycles. The zero-order chi connectivity index (χ0) is 16.6. The molecule has 124 valence electrons. The second-order valence-electron chi connectivity index (χ2n) is 5.57. The standard InChI is InChI=1S/C18H15O.C5H5.Fe/c19-18(16-8-4-5-9-16)17-12-10-15(11-13-17)14-6-2-1-3-7-14;1-2-4-5-3-1;/h1-13,18-19H;1-5H;/q;;+2/t18-;;/m1../s1. The Balaban J connectivity index is 0.000000325. The Kier molecular flexibility index (Phi) is 8.75. The Morgan fingerprint density at radius 1 is 0.560 bits per heavy atom. The summed E-state index contributed by atoms with van der Waals surface area (Å²) in [5, 5.41) is 10.2. The molecule has 10 radical (unpaired) electrons. The van der Waals surface area contributed by atoms with Crippen LogP contribution >= 0.6 is 0 Å². The molecule has 4 rings (SSSR count). The van der Waals surface area contributed by atoms with Crippen LogP contribution in [0.3, 0.4) is 0 Å². The molecule has 0 aliphatic heterocycles. The van der Waals surface area contributed by atoms with Crippen LogP contribution in [-0.2, 0) is 17.1 Å². The van der Waals surface area contributed by atoms with Crippen LogP contribution in [-0.4, -0.2) is 5.11 Å². The summed E-state index contributed by atoms with van der Waals surface area (Å²) in [6, 6.07) is 18.3. The first kappa shape index (κ1) is 20.2. The number of hydrogen-bond donors (Lipinski definition) is 1. The second kappa shape index (κ2) is 10.8. The molecular weight excluding hydrogens is 348 g/mol. The van der Waals surface area contributed by atoms with Gasteiger partial charge in [-0.3, -0.25) is 0 Å². The van der Waals surface area contributed by atoms with Crippen molar-refractivity contribution >= 4 is 0 Å². The van der Waals surface area contributed by atoms with Gasteiger partial charge >= 0.3 is 17.1 Å². The maximum absolute atomic E-state index is 10.2. The van der Waals surface area contributed by atoms with E-state index in [1.165, 1.54) is 11.1 Å². The molecule has 2 aromatic rings. The number of aliphatic hydroxyl groups excluding tert-OH is 1. The van der Waals surface area contributed by atoms with Gasteiger partial charge in [-0.25, -0.2) is 0 Å². The number of aliphatic hydroxyl groups is 1. The van der Waals surface area contributed by atoms with Crippen LogP contribution in [0.1, 0.15) is 11.7 Å². The summed E-state index contributed by atoms with van der Waals surface area (Å²) >= 11 is 0. The van der Waals surface area contributed by atoms with Crippen LogP contribution in [0.15, 0.2) is 54.6 Å². The van der Waals surface area contributed by atoms with E-state index in [1.807, 2.05) is 88.1 Å². The Morgan fingerprint density at radius 3 is 1.56 bits per heavy atom. The van der Waals surface area contributed by atoms with Crippen molar-refractivity contribution in [1.29, 1.82) is 0 Å². The van der Waals surface area contributed by atoms with Gasteiger partial charge < -0.3 is 5.11 Å². The summed E-state index contributed by atoms with van der Waals surface area (Å²) in [4.78, 5) is 0. The number of rotatable bonds is 3. The smallest absolute Gasteiger partial charge is 0.388 e. The predicted octanol–water partition coefficient (Wildman–Crippen LogP) is 4.81. The third kappa shape index (κ3) is 5.99. The molecule has 1 nitrogen and oxygen atoms in total. The Hall–Kier alpha value is -1.08. The fourth-order valence-corrected chi connectivity index (χ4v) is 2.57. The van der Waals surface area contributed by atoms with Gasteiger partial charge in [0.1, 0.15) is 0 Å². The summed E-state index contributed by atoms with van der Waals surface area (Å²) in [7, 11) is 0. The van der Waals surface area contributed by atoms with E-state index in [0.29, 0.717) is 0 Å². The molecule has 2 aliphatic carbocycles. The molecule has 1 atom stereocenters. The Bertz CT molecular complexity index is 576. The summed E-state index contributed by atoms with van der Waals surface area (Å²) in [6.07, 6.45) is 17.2. The molecular formula is C23H20FeO+2. The Morgan fingerprint density at radius 2 is 1.04 bits per heavy atom. The van der Waals surface area contributed by atoms with Crippen LogP contribution < -0.4 is 0 Å². The van der Waals surface area contributed by atoms with Crippen molar-refractivity contribution < 1.29 is 22.2 Å². The van der Waals surface area contributed by atoms with E-state index < -0.39 is 6.10 Å². The molecule has 2 aliphatic rings. The number of hydrogen-bond acceptors (Lipinski definition) is 1. The minimum absolute atomic E-state index is 0. The summed E-state index contributed by atoms with van der Waals surface area (Å²) in [6.45, 7) is 0. The third-order valence-corrected chi connectivity index (χ3v) is 3.89. The van der Waals surface area contributed by atoms with E-state index in [0.717, 1.165) is 11.5 Å². The molecule has 0 unspecified atom stereocenters. The summed E-state index contributed by atoms with van der Waals surface area (Å²) in [5.41, 5.74) is 3.28. The molecule has 2 fully saturated rings. The quantitative estimate of drug-likeness (QED) is 0.771. The molecule has 1 N–H and O–H groups in total. The number of benzene rings is 2. The maximum Gasteiger partial charge on any atom is 2.00 e. The second-order valence-corrected chi connectivity index (χ2v) is 5.57. The van der Waals surface area contributed by atoms with Gasteiger partial charge in [0, 0.05) is 5.92 Å².